The Hall–Kier alpha value is -1.54. The zero-order chi connectivity index (χ0) is 19.1. The van der Waals surface area contributed by atoms with E-state index in [9.17, 15) is 4.79 Å². The third-order valence-corrected chi connectivity index (χ3v) is 5.01. The number of nitrogens with zero attached hydrogens (tertiary/aromatic N) is 5. The minimum Gasteiger partial charge on any atom is -0.378 e. The molecule has 1 aromatic rings. The van der Waals surface area contributed by atoms with Gasteiger partial charge in [0, 0.05) is 32.7 Å². The number of morpholine rings is 1. The van der Waals surface area contributed by atoms with E-state index >= 15 is 0 Å². The van der Waals surface area contributed by atoms with Crippen molar-refractivity contribution in [2.75, 3.05) is 50.0 Å². The summed E-state index contributed by atoms with van der Waals surface area (Å²) >= 11 is 1.46. The van der Waals surface area contributed by atoms with Gasteiger partial charge in [0.05, 0.1) is 19.0 Å². The molecule has 1 aliphatic rings. The van der Waals surface area contributed by atoms with Gasteiger partial charge in [-0.2, -0.15) is 0 Å². The van der Waals surface area contributed by atoms with Crippen molar-refractivity contribution >= 4 is 23.6 Å². The molecule has 1 saturated heterocycles. The number of likely N-dealkylation sites (N-methyl/N-ethyl adjacent to an activating group) is 1. The van der Waals surface area contributed by atoms with E-state index < -0.39 is 0 Å². The first kappa shape index (κ1) is 20.8. The average molecular weight is 382 g/mol. The summed E-state index contributed by atoms with van der Waals surface area (Å²) in [6, 6.07) is 0. The molecule has 0 bridgehead atoms. The molecule has 1 fully saturated rings. The molecule has 26 heavy (non-hydrogen) atoms. The monoisotopic (exact) mass is 381 g/mol. The van der Waals surface area contributed by atoms with E-state index in [2.05, 4.69) is 40.1 Å². The van der Waals surface area contributed by atoms with Crippen molar-refractivity contribution in [3.8, 4) is 0 Å². The molecule has 146 valence electrons. The van der Waals surface area contributed by atoms with Gasteiger partial charge in [0.25, 0.3) is 0 Å². The van der Waals surface area contributed by atoms with Crippen LogP contribution in [0.15, 0.2) is 17.3 Å². The fraction of sp³-hybridized carbons (Fsp3) is 0.722. The number of carbonyl (C=O) groups is 1. The van der Waals surface area contributed by atoms with Gasteiger partial charge >= 0.3 is 0 Å². The van der Waals surface area contributed by atoms with E-state index in [1.807, 2.05) is 18.7 Å². The van der Waals surface area contributed by atoms with Crippen LogP contribution in [-0.4, -0.2) is 70.7 Å². The van der Waals surface area contributed by atoms with E-state index in [1.54, 1.807) is 0 Å². The molecule has 1 aliphatic heterocycles. The number of carbonyl (C=O) groups excluding carboxylic acids is 1. The van der Waals surface area contributed by atoms with Crippen molar-refractivity contribution in [2.24, 2.45) is 5.92 Å². The van der Waals surface area contributed by atoms with Crippen molar-refractivity contribution in [2.45, 2.75) is 39.4 Å². The molecule has 0 unspecified atom stereocenters. The van der Waals surface area contributed by atoms with E-state index in [0.717, 1.165) is 36.3 Å². The fourth-order valence-electron chi connectivity index (χ4n) is 2.83. The summed E-state index contributed by atoms with van der Waals surface area (Å²) in [5.74, 6) is 1.82. The maximum atomic E-state index is 12.5. The molecule has 0 N–H and O–H groups in total. The van der Waals surface area contributed by atoms with Crippen molar-refractivity contribution in [3.05, 3.63) is 12.2 Å². The number of amides is 1. The van der Waals surface area contributed by atoms with Crippen molar-refractivity contribution in [3.63, 3.8) is 0 Å². The SMILES string of the molecule is C=C(C)CN(CC)C(=O)CSc1nnc(N2CCOCC2)n1CC(C)C. The van der Waals surface area contributed by atoms with Crippen LogP contribution in [0.4, 0.5) is 5.95 Å². The Labute approximate surface area is 160 Å². The molecule has 2 heterocycles. The lowest BCUT2D eigenvalue weighted by Crippen LogP contribution is -2.38. The third kappa shape index (κ3) is 5.74. The Morgan fingerprint density at radius 2 is 2.04 bits per heavy atom. The van der Waals surface area contributed by atoms with Crippen LogP contribution in [0.1, 0.15) is 27.7 Å². The number of thioether (sulfide) groups is 1. The minimum atomic E-state index is 0.104. The minimum absolute atomic E-state index is 0.104. The fourth-order valence-corrected chi connectivity index (χ4v) is 3.68. The zero-order valence-electron chi connectivity index (χ0n) is 16.4. The maximum absolute atomic E-state index is 12.5. The lowest BCUT2D eigenvalue weighted by molar-refractivity contribution is -0.127. The lowest BCUT2D eigenvalue weighted by atomic mass is 10.2. The van der Waals surface area contributed by atoms with Gasteiger partial charge in [-0.05, 0) is 19.8 Å². The molecule has 0 saturated carbocycles. The van der Waals surface area contributed by atoms with Crippen LogP contribution in [0.5, 0.6) is 0 Å². The van der Waals surface area contributed by atoms with Gasteiger partial charge in [-0.25, -0.2) is 0 Å². The molecular formula is C18H31N5O2S. The highest BCUT2D eigenvalue weighted by atomic mass is 32.2. The summed E-state index contributed by atoms with van der Waals surface area (Å²) in [7, 11) is 0. The van der Waals surface area contributed by atoms with Crippen LogP contribution in [0.3, 0.4) is 0 Å². The second-order valence-electron chi connectivity index (χ2n) is 7.04. The molecule has 2 rings (SSSR count). The van der Waals surface area contributed by atoms with E-state index in [0.29, 0.717) is 38.0 Å². The Morgan fingerprint density at radius 1 is 1.35 bits per heavy atom. The first-order chi connectivity index (χ1) is 12.4. The molecule has 8 heteroatoms. The van der Waals surface area contributed by atoms with E-state index in [1.165, 1.54) is 11.8 Å². The van der Waals surface area contributed by atoms with Gasteiger partial charge < -0.3 is 14.5 Å². The van der Waals surface area contributed by atoms with Crippen LogP contribution >= 0.6 is 11.8 Å². The Kier molecular flexibility index (Phi) is 7.96. The van der Waals surface area contributed by atoms with Gasteiger partial charge in [0.2, 0.25) is 11.9 Å². The van der Waals surface area contributed by atoms with Crippen LogP contribution in [0.2, 0.25) is 0 Å². The summed E-state index contributed by atoms with van der Waals surface area (Å²) in [5, 5.41) is 9.58. The summed E-state index contributed by atoms with van der Waals surface area (Å²) < 4.78 is 7.58. The van der Waals surface area contributed by atoms with Gasteiger partial charge in [0.15, 0.2) is 5.16 Å². The maximum Gasteiger partial charge on any atom is 0.233 e. The summed E-state index contributed by atoms with van der Waals surface area (Å²) in [6.45, 7) is 17.4. The van der Waals surface area contributed by atoms with Crippen LogP contribution in [0, 0.1) is 5.92 Å². The number of rotatable bonds is 9. The Balaban J connectivity index is 2.09. The molecule has 0 atom stereocenters. The van der Waals surface area contributed by atoms with E-state index in [-0.39, 0.29) is 5.91 Å². The molecule has 0 spiro atoms. The summed E-state index contributed by atoms with van der Waals surface area (Å²) in [4.78, 5) is 16.5. The standard InChI is InChI=1S/C18H31N5O2S/c1-6-21(11-14(2)3)16(24)13-26-18-20-19-17(23(18)12-15(4)5)22-7-9-25-10-8-22/h15H,2,6-13H2,1,3-5H3. The Bertz CT molecular complexity index is 611. The molecule has 0 aliphatic carbocycles. The van der Waals surface area contributed by atoms with Crippen LogP contribution < -0.4 is 4.90 Å². The highest BCUT2D eigenvalue weighted by Crippen LogP contribution is 2.24. The second kappa shape index (κ2) is 9.97. The number of aromatic nitrogens is 3. The quantitative estimate of drug-likeness (QED) is 0.483. The highest BCUT2D eigenvalue weighted by molar-refractivity contribution is 7.99. The van der Waals surface area contributed by atoms with Gasteiger partial charge in [-0.15, -0.1) is 10.2 Å². The molecule has 1 amide bonds. The topological polar surface area (TPSA) is 63.5 Å². The molecule has 0 aromatic carbocycles. The zero-order valence-corrected chi connectivity index (χ0v) is 17.2. The van der Waals surface area contributed by atoms with Crippen molar-refractivity contribution in [1.29, 1.82) is 0 Å². The Morgan fingerprint density at radius 3 is 2.62 bits per heavy atom. The summed E-state index contributed by atoms with van der Waals surface area (Å²) in [6.07, 6.45) is 0. The number of hydrogen-bond donors (Lipinski definition) is 0. The number of hydrogen-bond acceptors (Lipinski definition) is 6. The smallest absolute Gasteiger partial charge is 0.233 e. The predicted octanol–water partition coefficient (Wildman–Crippen LogP) is 2.29. The first-order valence-electron chi connectivity index (χ1n) is 9.23. The normalized spacial score (nSPS) is 14.7. The lowest BCUT2D eigenvalue weighted by Gasteiger charge is -2.28. The van der Waals surface area contributed by atoms with Crippen LogP contribution in [-0.2, 0) is 16.1 Å². The molecule has 1 aromatic heterocycles. The molecule has 7 nitrogen and oxygen atoms in total. The van der Waals surface area contributed by atoms with Crippen LogP contribution in [0.25, 0.3) is 0 Å². The van der Waals surface area contributed by atoms with Crippen molar-refractivity contribution in [1.82, 2.24) is 19.7 Å². The highest BCUT2D eigenvalue weighted by Gasteiger charge is 2.22. The number of ether oxygens (including phenoxy) is 1. The van der Waals surface area contributed by atoms with Gasteiger partial charge in [-0.1, -0.05) is 37.8 Å². The van der Waals surface area contributed by atoms with Gasteiger partial charge in [-0.3, -0.25) is 9.36 Å². The number of anilines is 1. The molecule has 0 radical (unpaired) electrons. The summed E-state index contributed by atoms with van der Waals surface area (Å²) in [5.41, 5.74) is 0.989. The molecular weight excluding hydrogens is 350 g/mol. The average Bonchev–Trinajstić information content (AvgIpc) is 3.00. The third-order valence-electron chi connectivity index (χ3n) is 4.06. The second-order valence-corrected chi connectivity index (χ2v) is 7.98. The largest absolute Gasteiger partial charge is 0.378 e. The first-order valence-corrected chi connectivity index (χ1v) is 10.2. The van der Waals surface area contributed by atoms with Crippen molar-refractivity contribution < 1.29 is 9.53 Å². The van der Waals surface area contributed by atoms with E-state index in [4.69, 9.17) is 4.74 Å². The van der Waals surface area contributed by atoms with Gasteiger partial charge in [0.1, 0.15) is 0 Å². The predicted molar refractivity (Wildman–Crippen MR) is 106 cm³/mol.